The van der Waals surface area contributed by atoms with Gasteiger partial charge in [0, 0.05) is 22.4 Å². The summed E-state index contributed by atoms with van der Waals surface area (Å²) in [6.45, 7) is 6.93. The second-order valence-corrected chi connectivity index (χ2v) is 17.0. The lowest BCUT2D eigenvalue weighted by Gasteiger charge is -2.36. The highest BCUT2D eigenvalue weighted by molar-refractivity contribution is 5.93. The summed E-state index contributed by atoms with van der Waals surface area (Å²) in [5.41, 5.74) is 21.6. The standard InChI is InChI=1S/C59H45N/c1-40-30-32-44(33-31-40)59(54-27-15-11-24-50(54)51-25-12-16-28-55(51)59)45-36-43(41-18-6-4-7-19-41)37-47(38-45)60(57-29-17-13-22-48(57)42-20-8-5-9-21-42)46-34-35-52-49-23-10-14-26-53(49)58(2,3)56(52)39-46/h4-39H,1-3H3. The molecule has 286 valence electrons. The van der Waals surface area contributed by atoms with E-state index in [1.54, 1.807) is 0 Å². The van der Waals surface area contributed by atoms with E-state index in [1.165, 1.54) is 83.5 Å². The van der Waals surface area contributed by atoms with Gasteiger partial charge in [-0.2, -0.15) is 0 Å². The van der Waals surface area contributed by atoms with Gasteiger partial charge in [0.25, 0.3) is 0 Å². The minimum atomic E-state index is -0.577. The minimum Gasteiger partial charge on any atom is -0.310 e. The molecule has 1 nitrogen and oxygen atoms in total. The van der Waals surface area contributed by atoms with E-state index in [-0.39, 0.29) is 5.41 Å². The predicted molar refractivity (Wildman–Crippen MR) is 252 cm³/mol. The fraction of sp³-hybridized carbons (Fsp3) is 0.0847. The first-order valence-electron chi connectivity index (χ1n) is 21.1. The quantitative estimate of drug-likeness (QED) is 0.156. The molecule has 0 N–H and O–H groups in total. The Morgan fingerprint density at radius 2 is 0.850 bits per heavy atom. The topological polar surface area (TPSA) is 3.24 Å². The maximum absolute atomic E-state index is 2.52. The van der Waals surface area contributed by atoms with Crippen LogP contribution in [-0.4, -0.2) is 0 Å². The van der Waals surface area contributed by atoms with E-state index >= 15 is 0 Å². The highest BCUT2D eigenvalue weighted by Crippen LogP contribution is 2.58. The molecule has 2 aliphatic rings. The molecule has 2 aliphatic carbocycles. The van der Waals surface area contributed by atoms with Crippen LogP contribution in [-0.2, 0) is 10.8 Å². The molecule has 0 aliphatic heterocycles. The number of rotatable bonds is 7. The van der Waals surface area contributed by atoms with Crippen LogP contribution < -0.4 is 4.90 Å². The average molecular weight is 768 g/mol. The molecule has 0 spiro atoms. The number of para-hydroxylation sites is 1. The molecule has 0 fully saturated rings. The van der Waals surface area contributed by atoms with E-state index in [0.29, 0.717) is 0 Å². The zero-order chi connectivity index (χ0) is 40.4. The molecule has 60 heavy (non-hydrogen) atoms. The van der Waals surface area contributed by atoms with Crippen molar-refractivity contribution < 1.29 is 0 Å². The molecule has 0 heterocycles. The largest absolute Gasteiger partial charge is 0.310 e. The van der Waals surface area contributed by atoms with Crippen LogP contribution in [0.15, 0.2) is 218 Å². The molecule has 9 aromatic carbocycles. The van der Waals surface area contributed by atoms with Gasteiger partial charge in [0.05, 0.1) is 11.1 Å². The summed E-state index contributed by atoms with van der Waals surface area (Å²) >= 11 is 0. The first kappa shape index (κ1) is 35.9. The van der Waals surface area contributed by atoms with Crippen LogP contribution in [0.3, 0.4) is 0 Å². The van der Waals surface area contributed by atoms with Crippen molar-refractivity contribution in [2.24, 2.45) is 0 Å². The van der Waals surface area contributed by atoms with E-state index < -0.39 is 5.41 Å². The summed E-state index contributed by atoms with van der Waals surface area (Å²) in [5, 5.41) is 0. The number of hydrogen-bond acceptors (Lipinski definition) is 1. The number of hydrogen-bond donors (Lipinski definition) is 0. The molecule has 0 saturated heterocycles. The van der Waals surface area contributed by atoms with Gasteiger partial charge in [-0.3, -0.25) is 0 Å². The lowest BCUT2D eigenvalue weighted by molar-refractivity contribution is 0.660. The summed E-state index contributed by atoms with van der Waals surface area (Å²) in [7, 11) is 0. The third-order valence-corrected chi connectivity index (χ3v) is 13.2. The number of nitrogens with zero attached hydrogens (tertiary/aromatic N) is 1. The van der Waals surface area contributed by atoms with Gasteiger partial charge in [-0.05, 0) is 116 Å². The smallest absolute Gasteiger partial charge is 0.0714 e. The SMILES string of the molecule is Cc1ccc(C2(c3cc(-c4ccccc4)cc(N(c4ccc5c(c4)C(C)(C)c4ccccc4-5)c4ccccc4-c4ccccc4)c3)c3ccccc3-c3ccccc32)cc1. The second-order valence-electron chi connectivity index (χ2n) is 17.0. The molecule has 0 saturated carbocycles. The zero-order valence-corrected chi connectivity index (χ0v) is 34.2. The minimum absolute atomic E-state index is 0.156. The molecular weight excluding hydrogens is 723 g/mol. The van der Waals surface area contributed by atoms with Crippen molar-refractivity contribution in [3.8, 4) is 44.5 Å². The summed E-state index contributed by atoms with van der Waals surface area (Å²) in [4.78, 5) is 2.52. The van der Waals surface area contributed by atoms with E-state index in [1.807, 2.05) is 0 Å². The lowest BCUT2D eigenvalue weighted by atomic mass is 9.67. The first-order chi connectivity index (χ1) is 29.4. The highest BCUT2D eigenvalue weighted by atomic mass is 15.1. The van der Waals surface area contributed by atoms with E-state index in [9.17, 15) is 0 Å². The van der Waals surface area contributed by atoms with Crippen LogP contribution in [0.1, 0.15) is 52.8 Å². The van der Waals surface area contributed by atoms with Crippen molar-refractivity contribution in [2.75, 3.05) is 4.90 Å². The maximum atomic E-state index is 2.52. The number of benzene rings is 9. The number of aryl methyl sites for hydroxylation is 1. The van der Waals surface area contributed by atoms with E-state index in [0.717, 1.165) is 17.1 Å². The van der Waals surface area contributed by atoms with Gasteiger partial charge in [-0.1, -0.05) is 201 Å². The van der Waals surface area contributed by atoms with Crippen molar-refractivity contribution in [1.29, 1.82) is 0 Å². The molecule has 0 radical (unpaired) electrons. The Morgan fingerprint density at radius 3 is 1.50 bits per heavy atom. The average Bonchev–Trinajstić information content (AvgIpc) is 3.73. The third-order valence-electron chi connectivity index (χ3n) is 13.2. The van der Waals surface area contributed by atoms with Crippen LogP contribution in [0.25, 0.3) is 44.5 Å². The molecule has 0 aromatic heterocycles. The first-order valence-corrected chi connectivity index (χ1v) is 21.1. The van der Waals surface area contributed by atoms with Gasteiger partial charge in [0.2, 0.25) is 0 Å². The van der Waals surface area contributed by atoms with Crippen LogP contribution in [0.5, 0.6) is 0 Å². The van der Waals surface area contributed by atoms with Crippen molar-refractivity contribution >= 4 is 17.1 Å². The Balaban J connectivity index is 1.25. The molecule has 0 amide bonds. The summed E-state index contributed by atoms with van der Waals surface area (Å²) in [5.74, 6) is 0. The van der Waals surface area contributed by atoms with E-state index in [4.69, 9.17) is 0 Å². The molecule has 9 aromatic rings. The molecule has 1 heteroatoms. The number of anilines is 3. The summed E-state index contributed by atoms with van der Waals surface area (Å²) in [6.07, 6.45) is 0. The van der Waals surface area contributed by atoms with Crippen LogP contribution >= 0.6 is 0 Å². The maximum Gasteiger partial charge on any atom is 0.0714 e. The Hall–Kier alpha value is -7.22. The van der Waals surface area contributed by atoms with Crippen LogP contribution in [0, 0.1) is 6.92 Å². The zero-order valence-electron chi connectivity index (χ0n) is 34.2. The van der Waals surface area contributed by atoms with Crippen molar-refractivity contribution in [1.82, 2.24) is 0 Å². The van der Waals surface area contributed by atoms with Gasteiger partial charge >= 0.3 is 0 Å². The molecule has 0 bridgehead atoms. The summed E-state index contributed by atoms with van der Waals surface area (Å²) < 4.78 is 0. The number of fused-ring (bicyclic) bond motifs is 6. The van der Waals surface area contributed by atoms with Gasteiger partial charge in [-0.15, -0.1) is 0 Å². The van der Waals surface area contributed by atoms with Crippen LogP contribution in [0.2, 0.25) is 0 Å². The van der Waals surface area contributed by atoms with Crippen LogP contribution in [0.4, 0.5) is 17.1 Å². The fourth-order valence-electron chi connectivity index (χ4n) is 10.4. The lowest BCUT2D eigenvalue weighted by Crippen LogP contribution is -2.29. The van der Waals surface area contributed by atoms with Gasteiger partial charge < -0.3 is 4.90 Å². The van der Waals surface area contributed by atoms with Crippen molar-refractivity contribution in [3.63, 3.8) is 0 Å². The molecule has 0 unspecified atom stereocenters. The Kier molecular flexibility index (Phi) is 8.36. The Morgan fingerprint density at radius 1 is 0.333 bits per heavy atom. The van der Waals surface area contributed by atoms with Crippen molar-refractivity contribution in [3.05, 3.63) is 257 Å². The molecule has 11 rings (SSSR count). The Labute approximate surface area is 353 Å². The Bertz CT molecular complexity index is 3020. The predicted octanol–water partition coefficient (Wildman–Crippen LogP) is 15.5. The molecule has 0 atom stereocenters. The van der Waals surface area contributed by atoms with Gasteiger partial charge in [0.15, 0.2) is 0 Å². The van der Waals surface area contributed by atoms with Crippen molar-refractivity contribution in [2.45, 2.75) is 31.6 Å². The summed E-state index contributed by atoms with van der Waals surface area (Å²) in [6, 6.07) is 81.4. The van der Waals surface area contributed by atoms with Gasteiger partial charge in [-0.25, -0.2) is 0 Å². The van der Waals surface area contributed by atoms with Gasteiger partial charge in [0.1, 0.15) is 0 Å². The molecular formula is C59H45N. The highest BCUT2D eigenvalue weighted by Gasteiger charge is 2.46. The normalized spacial score (nSPS) is 13.8. The van der Waals surface area contributed by atoms with E-state index in [2.05, 4.69) is 244 Å². The fourth-order valence-corrected chi connectivity index (χ4v) is 10.4. The third kappa shape index (κ3) is 5.46. The monoisotopic (exact) mass is 767 g/mol. The second kappa shape index (κ2) is 14.0.